The highest BCUT2D eigenvalue weighted by Crippen LogP contribution is 2.37. The van der Waals surface area contributed by atoms with E-state index >= 15 is 0 Å². The third-order valence-electron chi connectivity index (χ3n) is 5.92. The average molecular weight is 348 g/mol. The molecule has 1 aromatic carbocycles. The Morgan fingerprint density at radius 1 is 1.36 bits per heavy atom. The number of hydrogen-bond acceptors (Lipinski definition) is 3. The fourth-order valence-electron chi connectivity index (χ4n) is 4.18. The maximum atomic E-state index is 13.3. The van der Waals surface area contributed by atoms with Crippen molar-refractivity contribution in [2.75, 3.05) is 26.3 Å². The van der Waals surface area contributed by atoms with E-state index in [0.717, 1.165) is 24.8 Å². The van der Waals surface area contributed by atoms with Crippen LogP contribution in [-0.4, -0.2) is 55.0 Å². The van der Waals surface area contributed by atoms with Crippen molar-refractivity contribution >= 4 is 6.03 Å². The third-order valence-corrected chi connectivity index (χ3v) is 5.92. The SMILES string of the molecule is C[C@@H]1OCC[C@@]12CN(C(=O)NC1CC(c3cccc(F)c3)C1)CCO2. The minimum Gasteiger partial charge on any atom is -0.375 e. The van der Waals surface area contributed by atoms with Crippen LogP contribution >= 0.6 is 0 Å². The van der Waals surface area contributed by atoms with Gasteiger partial charge < -0.3 is 19.7 Å². The van der Waals surface area contributed by atoms with Crippen LogP contribution in [0.3, 0.4) is 0 Å². The number of morpholine rings is 1. The van der Waals surface area contributed by atoms with Gasteiger partial charge in [0.25, 0.3) is 0 Å². The monoisotopic (exact) mass is 348 g/mol. The largest absolute Gasteiger partial charge is 0.375 e. The van der Waals surface area contributed by atoms with Crippen molar-refractivity contribution in [2.24, 2.45) is 0 Å². The van der Waals surface area contributed by atoms with Crippen molar-refractivity contribution in [3.63, 3.8) is 0 Å². The van der Waals surface area contributed by atoms with Gasteiger partial charge in [-0.2, -0.15) is 0 Å². The van der Waals surface area contributed by atoms with Crippen LogP contribution in [0.1, 0.15) is 37.7 Å². The molecular formula is C19H25FN2O3. The molecular weight excluding hydrogens is 323 g/mol. The van der Waals surface area contributed by atoms with Crippen LogP contribution in [0.5, 0.6) is 0 Å². The Hall–Kier alpha value is -1.66. The van der Waals surface area contributed by atoms with Gasteiger partial charge in [-0.15, -0.1) is 0 Å². The van der Waals surface area contributed by atoms with E-state index in [1.807, 2.05) is 17.9 Å². The summed E-state index contributed by atoms with van der Waals surface area (Å²) in [7, 11) is 0. The molecule has 0 unspecified atom stereocenters. The van der Waals surface area contributed by atoms with Gasteiger partial charge in [0.05, 0.1) is 19.3 Å². The zero-order valence-corrected chi connectivity index (χ0v) is 14.5. The summed E-state index contributed by atoms with van der Waals surface area (Å²) in [4.78, 5) is 14.5. The molecule has 0 radical (unpaired) electrons. The van der Waals surface area contributed by atoms with E-state index in [4.69, 9.17) is 9.47 Å². The first-order valence-corrected chi connectivity index (χ1v) is 9.12. The topological polar surface area (TPSA) is 50.8 Å². The molecule has 3 aliphatic rings. The summed E-state index contributed by atoms with van der Waals surface area (Å²) in [5.74, 6) is 0.136. The van der Waals surface area contributed by atoms with E-state index in [-0.39, 0.29) is 29.6 Å². The Bertz CT molecular complexity index is 649. The van der Waals surface area contributed by atoms with Gasteiger partial charge in [-0.05, 0) is 43.4 Å². The van der Waals surface area contributed by atoms with Gasteiger partial charge >= 0.3 is 6.03 Å². The molecule has 2 atom stereocenters. The summed E-state index contributed by atoms with van der Waals surface area (Å²) in [6, 6.07) is 6.90. The predicted molar refractivity (Wildman–Crippen MR) is 91.0 cm³/mol. The number of hydrogen-bond donors (Lipinski definition) is 1. The maximum absolute atomic E-state index is 13.3. The molecule has 4 rings (SSSR count). The highest BCUT2D eigenvalue weighted by Gasteiger charge is 2.47. The van der Waals surface area contributed by atoms with Crippen LogP contribution in [0.4, 0.5) is 9.18 Å². The smallest absolute Gasteiger partial charge is 0.317 e. The molecule has 2 saturated heterocycles. The van der Waals surface area contributed by atoms with Crippen molar-refractivity contribution < 1.29 is 18.7 Å². The lowest BCUT2D eigenvalue weighted by molar-refractivity contribution is -0.125. The summed E-state index contributed by atoms with van der Waals surface area (Å²) in [6.45, 7) is 4.45. The summed E-state index contributed by atoms with van der Waals surface area (Å²) in [5, 5.41) is 3.12. The maximum Gasteiger partial charge on any atom is 0.317 e. The van der Waals surface area contributed by atoms with Crippen molar-refractivity contribution in [2.45, 2.75) is 49.9 Å². The molecule has 5 nitrogen and oxygen atoms in total. The fourth-order valence-corrected chi connectivity index (χ4v) is 4.18. The summed E-state index contributed by atoms with van der Waals surface area (Å²) < 4.78 is 24.9. The molecule has 1 spiro atoms. The van der Waals surface area contributed by atoms with Gasteiger partial charge in [0.2, 0.25) is 0 Å². The fraction of sp³-hybridized carbons (Fsp3) is 0.632. The minimum atomic E-state index is -0.348. The van der Waals surface area contributed by atoms with Crippen LogP contribution < -0.4 is 5.32 Å². The van der Waals surface area contributed by atoms with Crippen LogP contribution in [0.15, 0.2) is 24.3 Å². The molecule has 136 valence electrons. The molecule has 0 bridgehead atoms. The molecule has 1 saturated carbocycles. The van der Waals surface area contributed by atoms with E-state index in [1.54, 1.807) is 12.1 Å². The molecule has 0 aromatic heterocycles. The number of urea groups is 1. The van der Waals surface area contributed by atoms with Gasteiger partial charge in [0, 0.05) is 25.6 Å². The zero-order valence-electron chi connectivity index (χ0n) is 14.5. The van der Waals surface area contributed by atoms with Gasteiger partial charge in [0.1, 0.15) is 11.4 Å². The second-order valence-corrected chi connectivity index (χ2v) is 7.47. The van der Waals surface area contributed by atoms with Crippen molar-refractivity contribution in [1.82, 2.24) is 10.2 Å². The first-order valence-electron chi connectivity index (χ1n) is 9.12. The lowest BCUT2D eigenvalue weighted by Gasteiger charge is -2.43. The number of carbonyl (C=O) groups is 1. The van der Waals surface area contributed by atoms with Crippen LogP contribution in [0.2, 0.25) is 0 Å². The first-order chi connectivity index (χ1) is 12.1. The standard InChI is InChI=1S/C19H25FN2O3/c1-13-19(5-7-24-13)12-22(6-8-25-19)18(23)21-17-10-15(11-17)14-3-2-4-16(20)9-14/h2-4,9,13,15,17H,5-8,10-12H2,1H3,(H,21,23)/t13-,15?,17?,19+/m0/s1. The Morgan fingerprint density at radius 3 is 2.92 bits per heavy atom. The second-order valence-electron chi connectivity index (χ2n) is 7.47. The van der Waals surface area contributed by atoms with Crippen molar-refractivity contribution in [3.8, 4) is 0 Å². The lowest BCUT2D eigenvalue weighted by atomic mass is 9.76. The van der Waals surface area contributed by atoms with E-state index < -0.39 is 0 Å². The highest BCUT2D eigenvalue weighted by molar-refractivity contribution is 5.75. The molecule has 1 N–H and O–H groups in total. The number of amides is 2. The summed E-state index contributed by atoms with van der Waals surface area (Å²) in [6.07, 6.45) is 2.58. The van der Waals surface area contributed by atoms with Crippen molar-refractivity contribution in [1.29, 1.82) is 0 Å². The Kier molecular flexibility index (Phi) is 4.41. The highest BCUT2D eigenvalue weighted by atomic mass is 19.1. The molecule has 2 amide bonds. The molecule has 1 aliphatic carbocycles. The number of nitrogens with zero attached hydrogens (tertiary/aromatic N) is 1. The van der Waals surface area contributed by atoms with E-state index in [1.165, 1.54) is 6.07 Å². The summed E-state index contributed by atoms with van der Waals surface area (Å²) >= 11 is 0. The molecule has 2 aliphatic heterocycles. The van der Waals surface area contributed by atoms with Crippen LogP contribution in [0, 0.1) is 5.82 Å². The quantitative estimate of drug-likeness (QED) is 0.894. The van der Waals surface area contributed by atoms with Crippen LogP contribution in [-0.2, 0) is 9.47 Å². The Morgan fingerprint density at radius 2 is 2.20 bits per heavy atom. The van der Waals surface area contributed by atoms with Crippen molar-refractivity contribution in [3.05, 3.63) is 35.6 Å². The number of ether oxygens (including phenoxy) is 2. The van der Waals surface area contributed by atoms with E-state index in [0.29, 0.717) is 32.2 Å². The van der Waals surface area contributed by atoms with Crippen LogP contribution in [0.25, 0.3) is 0 Å². The molecule has 3 fully saturated rings. The zero-order chi connectivity index (χ0) is 17.4. The number of nitrogens with one attached hydrogen (secondary N) is 1. The lowest BCUT2D eigenvalue weighted by Crippen LogP contribution is -2.60. The second kappa shape index (κ2) is 6.57. The van der Waals surface area contributed by atoms with Gasteiger partial charge in [-0.1, -0.05) is 12.1 Å². The number of carbonyl (C=O) groups excluding carboxylic acids is 1. The first kappa shape index (κ1) is 16.8. The average Bonchev–Trinajstić information content (AvgIpc) is 2.90. The van der Waals surface area contributed by atoms with E-state index in [9.17, 15) is 9.18 Å². The molecule has 6 heteroatoms. The van der Waals surface area contributed by atoms with Gasteiger partial charge in [-0.3, -0.25) is 0 Å². The molecule has 1 aromatic rings. The normalized spacial score (nSPS) is 34.8. The minimum absolute atomic E-state index is 0.0177. The number of rotatable bonds is 2. The van der Waals surface area contributed by atoms with Gasteiger partial charge in [0.15, 0.2) is 0 Å². The van der Waals surface area contributed by atoms with Gasteiger partial charge in [-0.25, -0.2) is 9.18 Å². The Labute approximate surface area is 147 Å². The Balaban J connectivity index is 1.30. The number of halogens is 1. The predicted octanol–water partition coefficient (Wildman–Crippen LogP) is 2.66. The molecule has 25 heavy (non-hydrogen) atoms. The summed E-state index contributed by atoms with van der Waals surface area (Å²) in [5.41, 5.74) is 0.673. The number of benzene rings is 1. The molecule has 2 heterocycles. The van der Waals surface area contributed by atoms with E-state index in [2.05, 4.69) is 5.32 Å². The third kappa shape index (κ3) is 3.25.